The summed E-state index contributed by atoms with van der Waals surface area (Å²) in [5.74, 6) is 0.176. The molecular weight excluding hydrogens is 280 g/mol. The minimum Gasteiger partial charge on any atom is -0.313 e. The van der Waals surface area contributed by atoms with E-state index in [0.29, 0.717) is 19.1 Å². The van der Waals surface area contributed by atoms with Gasteiger partial charge in [-0.3, -0.25) is 0 Å². The molecule has 1 aromatic rings. The molecule has 4 nitrogen and oxygen atoms in total. The number of rotatable bonds is 5. The zero-order chi connectivity index (χ0) is 14.0. The number of hydrogen-bond acceptors (Lipinski definition) is 4. The lowest BCUT2D eigenvalue weighted by molar-refractivity contribution is 0.328. The van der Waals surface area contributed by atoms with Crippen LogP contribution in [-0.4, -0.2) is 37.6 Å². The van der Waals surface area contributed by atoms with E-state index in [9.17, 15) is 8.42 Å². The van der Waals surface area contributed by atoms with Gasteiger partial charge >= 0.3 is 0 Å². The molecule has 1 aromatic heterocycles. The number of thiophene rings is 1. The first-order valence-corrected chi connectivity index (χ1v) is 9.20. The van der Waals surface area contributed by atoms with Gasteiger partial charge in [0.1, 0.15) is 0 Å². The van der Waals surface area contributed by atoms with Gasteiger partial charge in [0.25, 0.3) is 0 Å². The Bertz CT molecular complexity index is 523. The van der Waals surface area contributed by atoms with Gasteiger partial charge in [0, 0.05) is 30.1 Å². The quantitative estimate of drug-likeness (QED) is 0.905. The summed E-state index contributed by atoms with van der Waals surface area (Å²) in [4.78, 5) is 1.33. The Labute approximate surface area is 119 Å². The highest BCUT2D eigenvalue weighted by Gasteiger charge is 2.32. The predicted molar refractivity (Wildman–Crippen MR) is 80.1 cm³/mol. The van der Waals surface area contributed by atoms with Crippen molar-refractivity contribution in [3.63, 3.8) is 0 Å². The SMILES string of the molecule is CC(C)NCCS(=O)(=O)N1CCc2sccc2C1C. The highest BCUT2D eigenvalue weighted by Crippen LogP contribution is 2.34. The molecule has 1 aliphatic heterocycles. The number of fused-ring (bicyclic) bond motifs is 1. The van der Waals surface area contributed by atoms with Crippen LogP contribution in [0.2, 0.25) is 0 Å². The zero-order valence-electron chi connectivity index (χ0n) is 11.7. The highest BCUT2D eigenvalue weighted by molar-refractivity contribution is 7.89. The van der Waals surface area contributed by atoms with Crippen LogP contribution in [0.25, 0.3) is 0 Å². The van der Waals surface area contributed by atoms with Crippen LogP contribution in [0.15, 0.2) is 11.4 Å². The van der Waals surface area contributed by atoms with Crippen molar-refractivity contribution in [2.75, 3.05) is 18.8 Å². The van der Waals surface area contributed by atoms with Crippen molar-refractivity contribution < 1.29 is 8.42 Å². The Hall–Kier alpha value is -0.430. The summed E-state index contributed by atoms with van der Waals surface area (Å²) < 4.78 is 26.5. The second-order valence-corrected chi connectivity index (χ2v) is 8.30. The van der Waals surface area contributed by atoms with E-state index in [-0.39, 0.29) is 11.8 Å². The monoisotopic (exact) mass is 302 g/mol. The fourth-order valence-corrected chi connectivity index (χ4v) is 5.00. The lowest BCUT2D eigenvalue weighted by Gasteiger charge is -2.32. The van der Waals surface area contributed by atoms with Gasteiger partial charge in [-0.15, -0.1) is 11.3 Å². The van der Waals surface area contributed by atoms with Crippen molar-refractivity contribution in [1.29, 1.82) is 0 Å². The van der Waals surface area contributed by atoms with Crippen molar-refractivity contribution >= 4 is 21.4 Å². The summed E-state index contributed by atoms with van der Waals surface area (Å²) >= 11 is 1.73. The van der Waals surface area contributed by atoms with Crippen molar-refractivity contribution in [3.8, 4) is 0 Å². The minimum absolute atomic E-state index is 0.0287. The molecule has 0 saturated heterocycles. The van der Waals surface area contributed by atoms with E-state index < -0.39 is 10.0 Å². The predicted octanol–water partition coefficient (Wildman–Crippen LogP) is 1.99. The smallest absolute Gasteiger partial charge is 0.215 e. The van der Waals surface area contributed by atoms with Gasteiger partial charge in [-0.2, -0.15) is 4.31 Å². The first-order valence-electron chi connectivity index (χ1n) is 6.71. The van der Waals surface area contributed by atoms with Gasteiger partial charge < -0.3 is 5.32 Å². The van der Waals surface area contributed by atoms with E-state index in [0.717, 1.165) is 6.42 Å². The average Bonchev–Trinajstić information content (AvgIpc) is 2.77. The maximum Gasteiger partial charge on any atom is 0.215 e. The van der Waals surface area contributed by atoms with Crippen LogP contribution in [0.4, 0.5) is 0 Å². The summed E-state index contributed by atoms with van der Waals surface area (Å²) in [6.07, 6.45) is 0.841. The fourth-order valence-electron chi connectivity index (χ4n) is 2.46. The van der Waals surface area contributed by atoms with Crippen molar-refractivity contribution in [1.82, 2.24) is 9.62 Å². The summed E-state index contributed by atoms with van der Waals surface area (Å²) in [7, 11) is -3.17. The van der Waals surface area contributed by atoms with E-state index >= 15 is 0 Å². The molecule has 0 bridgehead atoms. The third-order valence-corrected chi connectivity index (χ3v) is 6.42. The third kappa shape index (κ3) is 3.37. The first-order chi connectivity index (χ1) is 8.92. The molecule has 108 valence electrons. The van der Waals surface area contributed by atoms with Gasteiger partial charge in [0.15, 0.2) is 0 Å². The van der Waals surface area contributed by atoms with E-state index in [1.807, 2.05) is 20.8 Å². The van der Waals surface area contributed by atoms with Gasteiger partial charge in [-0.05, 0) is 30.4 Å². The number of nitrogens with one attached hydrogen (secondary N) is 1. The fraction of sp³-hybridized carbons (Fsp3) is 0.692. The topological polar surface area (TPSA) is 49.4 Å². The summed E-state index contributed by atoms with van der Waals surface area (Å²) in [6.45, 7) is 7.15. The Kier molecular flexibility index (Phi) is 4.66. The molecular formula is C13H22N2O2S2. The maximum atomic E-state index is 12.4. The van der Waals surface area contributed by atoms with Crippen LogP contribution in [0.3, 0.4) is 0 Å². The second kappa shape index (κ2) is 5.91. The maximum absolute atomic E-state index is 12.4. The lowest BCUT2D eigenvalue weighted by Crippen LogP contribution is -2.42. The highest BCUT2D eigenvalue weighted by atomic mass is 32.2. The Balaban J connectivity index is 2.06. The Morgan fingerprint density at radius 1 is 1.53 bits per heavy atom. The van der Waals surface area contributed by atoms with Crippen LogP contribution >= 0.6 is 11.3 Å². The molecule has 2 heterocycles. The van der Waals surface area contributed by atoms with Crippen molar-refractivity contribution in [2.45, 2.75) is 39.3 Å². The molecule has 0 aromatic carbocycles. The zero-order valence-corrected chi connectivity index (χ0v) is 13.4. The molecule has 1 aliphatic rings. The lowest BCUT2D eigenvalue weighted by atomic mass is 10.0. The summed E-state index contributed by atoms with van der Waals surface area (Å²) in [6, 6.07) is 2.34. The summed E-state index contributed by atoms with van der Waals surface area (Å²) in [5, 5.41) is 5.22. The van der Waals surface area contributed by atoms with Crippen LogP contribution in [0.5, 0.6) is 0 Å². The molecule has 0 aliphatic carbocycles. The molecule has 0 fully saturated rings. The molecule has 0 radical (unpaired) electrons. The van der Waals surface area contributed by atoms with E-state index in [1.165, 1.54) is 10.4 Å². The van der Waals surface area contributed by atoms with Gasteiger partial charge in [0.2, 0.25) is 10.0 Å². The number of sulfonamides is 1. The standard InChI is InChI=1S/C13H22N2O2S2/c1-10(2)14-6-9-19(16,17)15-7-4-13-12(11(15)3)5-8-18-13/h5,8,10-11,14H,4,6-7,9H2,1-3H3. The molecule has 1 unspecified atom stereocenters. The van der Waals surface area contributed by atoms with E-state index in [1.54, 1.807) is 15.6 Å². The first kappa shape index (κ1) is 15.0. The Morgan fingerprint density at radius 3 is 2.95 bits per heavy atom. The molecule has 2 rings (SSSR count). The van der Waals surface area contributed by atoms with Crippen molar-refractivity contribution in [2.24, 2.45) is 0 Å². The Morgan fingerprint density at radius 2 is 2.26 bits per heavy atom. The number of hydrogen-bond donors (Lipinski definition) is 1. The minimum atomic E-state index is -3.17. The molecule has 0 amide bonds. The third-order valence-electron chi connectivity index (χ3n) is 3.49. The van der Waals surface area contributed by atoms with E-state index in [4.69, 9.17) is 0 Å². The second-order valence-electron chi connectivity index (χ2n) is 5.26. The van der Waals surface area contributed by atoms with Crippen LogP contribution in [0, 0.1) is 0 Å². The average molecular weight is 302 g/mol. The van der Waals surface area contributed by atoms with Crippen LogP contribution < -0.4 is 5.32 Å². The van der Waals surface area contributed by atoms with Crippen LogP contribution in [-0.2, 0) is 16.4 Å². The van der Waals surface area contributed by atoms with Crippen LogP contribution in [0.1, 0.15) is 37.3 Å². The normalized spacial score (nSPS) is 20.7. The largest absolute Gasteiger partial charge is 0.313 e. The molecule has 1 atom stereocenters. The molecule has 1 N–H and O–H groups in total. The molecule has 0 spiro atoms. The van der Waals surface area contributed by atoms with Gasteiger partial charge in [-0.25, -0.2) is 8.42 Å². The van der Waals surface area contributed by atoms with Gasteiger partial charge in [0.05, 0.1) is 5.75 Å². The molecule has 6 heteroatoms. The van der Waals surface area contributed by atoms with E-state index in [2.05, 4.69) is 16.8 Å². The molecule has 19 heavy (non-hydrogen) atoms. The van der Waals surface area contributed by atoms with Crippen molar-refractivity contribution in [3.05, 3.63) is 21.9 Å². The molecule has 0 saturated carbocycles. The van der Waals surface area contributed by atoms with Gasteiger partial charge in [-0.1, -0.05) is 13.8 Å². The number of nitrogens with zero attached hydrogens (tertiary/aromatic N) is 1. The summed E-state index contributed by atoms with van der Waals surface area (Å²) in [5.41, 5.74) is 1.18.